The van der Waals surface area contributed by atoms with Gasteiger partial charge in [0, 0.05) is 18.0 Å². The second-order valence-electron chi connectivity index (χ2n) is 5.29. The highest BCUT2D eigenvalue weighted by molar-refractivity contribution is 5.95. The highest BCUT2D eigenvalue weighted by Crippen LogP contribution is 2.32. The molecule has 1 aromatic carbocycles. The average molecular weight is 338 g/mol. The van der Waals surface area contributed by atoms with Crippen LogP contribution >= 0.6 is 0 Å². The Labute approximate surface area is 145 Å². The number of hydrogen-bond donors (Lipinski definition) is 1. The molecule has 3 aromatic rings. The molecular formula is C19H18N2O4. The third kappa shape index (κ3) is 3.80. The number of nitrogens with zero attached hydrogens (tertiary/aromatic N) is 1. The van der Waals surface area contributed by atoms with Gasteiger partial charge in [-0.05, 0) is 35.9 Å². The number of pyridine rings is 1. The number of ether oxygens (including phenoxy) is 2. The third-order valence-electron chi connectivity index (χ3n) is 3.72. The number of nitrogens with one attached hydrogen (secondary N) is 1. The van der Waals surface area contributed by atoms with Crippen LogP contribution in [-0.4, -0.2) is 25.1 Å². The second-order valence-corrected chi connectivity index (χ2v) is 5.29. The molecule has 0 bridgehead atoms. The minimum absolute atomic E-state index is 0.216. The van der Waals surface area contributed by atoms with Crippen molar-refractivity contribution in [3.05, 3.63) is 66.4 Å². The molecule has 1 N–H and O–H groups in total. The Balaban J connectivity index is 1.80. The van der Waals surface area contributed by atoms with Gasteiger partial charge in [-0.3, -0.25) is 9.78 Å². The van der Waals surface area contributed by atoms with E-state index in [4.69, 9.17) is 13.9 Å². The van der Waals surface area contributed by atoms with E-state index in [2.05, 4.69) is 10.3 Å². The molecule has 2 aromatic heterocycles. The van der Waals surface area contributed by atoms with Gasteiger partial charge in [-0.2, -0.15) is 0 Å². The lowest BCUT2D eigenvalue weighted by atomic mass is 10.1. The van der Waals surface area contributed by atoms with Crippen molar-refractivity contribution in [1.29, 1.82) is 0 Å². The van der Waals surface area contributed by atoms with Crippen LogP contribution in [0.15, 0.2) is 59.5 Å². The van der Waals surface area contributed by atoms with Crippen LogP contribution in [0.4, 0.5) is 0 Å². The fraction of sp³-hybridized carbons (Fsp3) is 0.158. The van der Waals surface area contributed by atoms with Gasteiger partial charge in [0.2, 0.25) is 0 Å². The highest BCUT2D eigenvalue weighted by atomic mass is 16.5. The predicted molar refractivity (Wildman–Crippen MR) is 92.7 cm³/mol. The minimum Gasteiger partial charge on any atom is -0.493 e. The van der Waals surface area contributed by atoms with E-state index in [1.165, 1.54) is 6.20 Å². The Bertz CT molecular complexity index is 860. The maximum atomic E-state index is 12.3. The summed E-state index contributed by atoms with van der Waals surface area (Å²) in [6.07, 6.45) is 4.80. The highest BCUT2D eigenvalue weighted by Gasteiger charge is 2.11. The van der Waals surface area contributed by atoms with Crippen LogP contribution in [0, 0.1) is 0 Å². The van der Waals surface area contributed by atoms with E-state index >= 15 is 0 Å². The van der Waals surface area contributed by atoms with Gasteiger partial charge in [0.1, 0.15) is 5.76 Å². The quantitative estimate of drug-likeness (QED) is 0.746. The molecule has 128 valence electrons. The van der Waals surface area contributed by atoms with E-state index in [1.807, 2.05) is 18.2 Å². The molecule has 25 heavy (non-hydrogen) atoms. The molecule has 2 heterocycles. The Morgan fingerprint density at radius 2 is 1.92 bits per heavy atom. The largest absolute Gasteiger partial charge is 0.493 e. The normalized spacial score (nSPS) is 10.3. The summed E-state index contributed by atoms with van der Waals surface area (Å²) in [6.45, 7) is 0.326. The first-order valence-electron chi connectivity index (χ1n) is 7.69. The fourth-order valence-electron chi connectivity index (χ4n) is 2.42. The van der Waals surface area contributed by atoms with E-state index < -0.39 is 0 Å². The monoisotopic (exact) mass is 338 g/mol. The molecule has 0 aliphatic carbocycles. The van der Waals surface area contributed by atoms with Gasteiger partial charge < -0.3 is 19.2 Å². The number of benzene rings is 1. The van der Waals surface area contributed by atoms with Crippen molar-refractivity contribution >= 4 is 5.91 Å². The Morgan fingerprint density at radius 3 is 2.64 bits per heavy atom. The molecular weight excluding hydrogens is 320 g/mol. The zero-order valence-electron chi connectivity index (χ0n) is 14.0. The Morgan fingerprint density at radius 1 is 1.08 bits per heavy atom. The van der Waals surface area contributed by atoms with Gasteiger partial charge in [-0.15, -0.1) is 0 Å². The molecule has 0 saturated carbocycles. The van der Waals surface area contributed by atoms with E-state index in [9.17, 15) is 4.79 Å². The number of rotatable bonds is 6. The number of carbonyl (C=O) groups excluding carboxylic acids is 1. The summed E-state index contributed by atoms with van der Waals surface area (Å²) < 4.78 is 15.8. The Hall–Kier alpha value is -3.28. The summed E-state index contributed by atoms with van der Waals surface area (Å²) in [4.78, 5) is 16.5. The van der Waals surface area contributed by atoms with Crippen LogP contribution in [0.25, 0.3) is 11.1 Å². The summed E-state index contributed by atoms with van der Waals surface area (Å²) >= 11 is 0. The molecule has 3 rings (SSSR count). The van der Waals surface area contributed by atoms with Gasteiger partial charge >= 0.3 is 0 Å². The van der Waals surface area contributed by atoms with Gasteiger partial charge in [-0.1, -0.05) is 6.07 Å². The number of furan rings is 1. The lowest BCUT2D eigenvalue weighted by molar-refractivity contribution is 0.0947. The van der Waals surface area contributed by atoms with Crippen LogP contribution in [-0.2, 0) is 6.54 Å². The van der Waals surface area contributed by atoms with Gasteiger partial charge in [0.15, 0.2) is 11.5 Å². The van der Waals surface area contributed by atoms with Crippen LogP contribution in [0.5, 0.6) is 11.5 Å². The summed E-state index contributed by atoms with van der Waals surface area (Å²) in [5.41, 5.74) is 2.16. The predicted octanol–water partition coefficient (Wildman–Crippen LogP) is 3.29. The van der Waals surface area contributed by atoms with E-state index in [0.717, 1.165) is 11.1 Å². The molecule has 0 aliphatic heterocycles. The zero-order valence-corrected chi connectivity index (χ0v) is 14.0. The molecule has 6 heteroatoms. The average Bonchev–Trinajstić information content (AvgIpc) is 3.19. The van der Waals surface area contributed by atoms with Crippen molar-refractivity contribution < 1.29 is 18.7 Å². The van der Waals surface area contributed by atoms with Gasteiger partial charge in [0.25, 0.3) is 5.91 Å². The van der Waals surface area contributed by atoms with Crippen molar-refractivity contribution in [3.8, 4) is 22.6 Å². The second kappa shape index (κ2) is 7.53. The fourth-order valence-corrected chi connectivity index (χ4v) is 2.42. The number of carbonyl (C=O) groups is 1. The smallest absolute Gasteiger partial charge is 0.253 e. The molecule has 6 nitrogen and oxygen atoms in total. The van der Waals surface area contributed by atoms with E-state index in [-0.39, 0.29) is 5.91 Å². The van der Waals surface area contributed by atoms with Crippen molar-refractivity contribution in [2.45, 2.75) is 6.54 Å². The van der Waals surface area contributed by atoms with Gasteiger partial charge in [0.05, 0.1) is 32.6 Å². The van der Waals surface area contributed by atoms with Crippen molar-refractivity contribution in [2.75, 3.05) is 14.2 Å². The lowest BCUT2D eigenvalue weighted by Gasteiger charge is -2.10. The molecule has 0 radical (unpaired) electrons. The molecule has 0 aliphatic rings. The van der Waals surface area contributed by atoms with E-state index in [1.54, 1.807) is 44.9 Å². The number of methoxy groups -OCH3 is 2. The Kier molecular flexibility index (Phi) is 4.99. The lowest BCUT2D eigenvalue weighted by Crippen LogP contribution is -2.22. The van der Waals surface area contributed by atoms with Crippen molar-refractivity contribution in [2.24, 2.45) is 0 Å². The first-order chi connectivity index (χ1) is 12.2. The molecule has 0 fully saturated rings. The maximum Gasteiger partial charge on any atom is 0.253 e. The van der Waals surface area contributed by atoms with Crippen LogP contribution in [0.2, 0.25) is 0 Å². The summed E-state index contributed by atoms with van der Waals surface area (Å²) in [6, 6.07) is 10.9. The first-order valence-corrected chi connectivity index (χ1v) is 7.69. The zero-order chi connectivity index (χ0) is 17.6. The topological polar surface area (TPSA) is 73.6 Å². The number of hydrogen-bond acceptors (Lipinski definition) is 5. The SMILES string of the molecule is COc1ccc(-c2cncc(C(=O)NCc3ccco3)c2)cc1OC. The number of aromatic nitrogens is 1. The molecule has 0 saturated heterocycles. The number of amides is 1. The summed E-state index contributed by atoms with van der Waals surface area (Å²) in [5, 5.41) is 2.80. The van der Waals surface area contributed by atoms with Crippen LogP contribution < -0.4 is 14.8 Å². The van der Waals surface area contributed by atoms with E-state index in [0.29, 0.717) is 29.4 Å². The van der Waals surface area contributed by atoms with Gasteiger partial charge in [-0.25, -0.2) is 0 Å². The summed E-state index contributed by atoms with van der Waals surface area (Å²) in [7, 11) is 3.17. The molecule has 1 amide bonds. The van der Waals surface area contributed by atoms with Crippen molar-refractivity contribution in [1.82, 2.24) is 10.3 Å². The molecule has 0 unspecified atom stereocenters. The van der Waals surface area contributed by atoms with Crippen LogP contribution in [0.3, 0.4) is 0 Å². The molecule has 0 atom stereocenters. The standard InChI is InChI=1S/C19H18N2O4/c1-23-17-6-5-13(9-18(17)24-2)14-8-15(11-20-10-14)19(22)21-12-16-4-3-7-25-16/h3-11H,12H2,1-2H3,(H,21,22). The summed E-state index contributed by atoms with van der Waals surface area (Å²) in [5.74, 6) is 1.74. The molecule has 0 spiro atoms. The third-order valence-corrected chi connectivity index (χ3v) is 3.72. The van der Waals surface area contributed by atoms with Crippen LogP contribution in [0.1, 0.15) is 16.1 Å². The minimum atomic E-state index is -0.216. The van der Waals surface area contributed by atoms with Crippen molar-refractivity contribution in [3.63, 3.8) is 0 Å². The first kappa shape index (κ1) is 16.6. The maximum absolute atomic E-state index is 12.3.